The monoisotopic (exact) mass is 278 g/mol. The molecular weight excluding hydrogens is 260 g/mol. The van der Waals surface area contributed by atoms with Crippen LogP contribution in [0.1, 0.15) is 23.2 Å². The summed E-state index contributed by atoms with van der Waals surface area (Å²) in [4.78, 5) is 21.6. The zero-order valence-corrected chi connectivity index (χ0v) is 11.1. The van der Waals surface area contributed by atoms with E-state index in [0.717, 1.165) is 25.9 Å². The van der Waals surface area contributed by atoms with Crippen LogP contribution in [0.4, 0.5) is 11.4 Å². The van der Waals surface area contributed by atoms with Gasteiger partial charge in [0.2, 0.25) is 0 Å². The molecule has 1 aliphatic heterocycles. The Labute approximate surface area is 116 Å². The molecule has 1 aliphatic rings. The van der Waals surface area contributed by atoms with Crippen molar-refractivity contribution < 1.29 is 9.72 Å². The number of hydrogen-bond donors (Lipinski definition) is 3. The number of non-ortho nitro benzene ring substituents is 1. The maximum atomic E-state index is 11.4. The number of nitrogens with two attached hydrogens (primary N) is 1. The molecule has 4 N–H and O–H groups in total. The third-order valence-electron chi connectivity index (χ3n) is 3.46. The molecule has 0 radical (unpaired) electrons. The highest BCUT2D eigenvalue weighted by molar-refractivity contribution is 5.99. The van der Waals surface area contributed by atoms with Gasteiger partial charge in [-0.15, -0.1) is 0 Å². The second-order valence-electron chi connectivity index (χ2n) is 4.94. The van der Waals surface area contributed by atoms with Gasteiger partial charge in [-0.1, -0.05) is 0 Å². The van der Waals surface area contributed by atoms with Gasteiger partial charge in [0.05, 0.1) is 10.5 Å². The lowest BCUT2D eigenvalue weighted by molar-refractivity contribution is -0.384. The molecule has 1 amide bonds. The minimum atomic E-state index is -0.669. The van der Waals surface area contributed by atoms with Gasteiger partial charge in [-0.05, 0) is 37.9 Å². The van der Waals surface area contributed by atoms with E-state index < -0.39 is 10.8 Å². The minimum absolute atomic E-state index is 0.135. The summed E-state index contributed by atoms with van der Waals surface area (Å²) in [5, 5.41) is 17.2. The summed E-state index contributed by atoms with van der Waals surface area (Å²) in [7, 11) is 0. The van der Waals surface area contributed by atoms with Crippen LogP contribution in [0.5, 0.6) is 0 Å². The van der Waals surface area contributed by atoms with E-state index in [1.807, 2.05) is 0 Å². The summed E-state index contributed by atoms with van der Waals surface area (Å²) in [6, 6.07) is 4.12. The van der Waals surface area contributed by atoms with Crippen LogP contribution in [0.2, 0.25) is 0 Å². The molecule has 20 heavy (non-hydrogen) atoms. The summed E-state index contributed by atoms with van der Waals surface area (Å²) >= 11 is 0. The number of nitro groups is 1. The molecule has 7 heteroatoms. The maximum Gasteiger partial charge on any atom is 0.270 e. The van der Waals surface area contributed by atoms with Gasteiger partial charge in [0.1, 0.15) is 0 Å². The highest BCUT2D eigenvalue weighted by atomic mass is 16.6. The second-order valence-corrected chi connectivity index (χ2v) is 4.94. The van der Waals surface area contributed by atoms with Gasteiger partial charge in [0, 0.05) is 24.4 Å². The highest BCUT2D eigenvalue weighted by Crippen LogP contribution is 2.22. The van der Waals surface area contributed by atoms with Crippen molar-refractivity contribution in [3.05, 3.63) is 33.9 Å². The molecule has 1 aromatic carbocycles. The van der Waals surface area contributed by atoms with E-state index in [4.69, 9.17) is 5.73 Å². The number of hydrogen-bond acceptors (Lipinski definition) is 5. The van der Waals surface area contributed by atoms with Gasteiger partial charge in [-0.25, -0.2) is 0 Å². The molecule has 1 atom stereocenters. The Morgan fingerprint density at radius 2 is 2.35 bits per heavy atom. The first-order chi connectivity index (χ1) is 9.58. The Bertz CT molecular complexity index is 512. The lowest BCUT2D eigenvalue weighted by Gasteiger charge is -2.23. The lowest BCUT2D eigenvalue weighted by Crippen LogP contribution is -2.33. The van der Waals surface area contributed by atoms with Gasteiger partial charge >= 0.3 is 0 Å². The molecule has 0 aliphatic carbocycles. The van der Waals surface area contributed by atoms with Crippen LogP contribution in [0.15, 0.2) is 18.2 Å². The van der Waals surface area contributed by atoms with Gasteiger partial charge in [0.15, 0.2) is 0 Å². The molecule has 7 nitrogen and oxygen atoms in total. The SMILES string of the molecule is NC(=O)c1cc([N+](=O)[O-])ccc1NCC1CCCNC1. The Morgan fingerprint density at radius 3 is 2.95 bits per heavy atom. The quantitative estimate of drug-likeness (QED) is 0.552. The van der Waals surface area contributed by atoms with Crippen molar-refractivity contribution in [1.82, 2.24) is 5.32 Å². The molecule has 1 heterocycles. The number of piperidine rings is 1. The van der Waals surface area contributed by atoms with Crippen molar-refractivity contribution in [3.63, 3.8) is 0 Å². The number of primary amides is 1. The molecule has 0 aromatic heterocycles. The van der Waals surface area contributed by atoms with Crippen molar-refractivity contribution in [2.75, 3.05) is 25.0 Å². The molecule has 1 unspecified atom stereocenters. The van der Waals surface area contributed by atoms with E-state index >= 15 is 0 Å². The molecule has 108 valence electrons. The first-order valence-corrected chi connectivity index (χ1v) is 6.60. The van der Waals surface area contributed by atoms with Crippen LogP contribution in [-0.4, -0.2) is 30.5 Å². The average Bonchev–Trinajstić information content (AvgIpc) is 2.45. The number of benzene rings is 1. The number of nitro benzene ring substituents is 1. The molecule has 2 rings (SSSR count). The molecule has 0 bridgehead atoms. The molecule has 0 saturated carbocycles. The predicted octanol–water partition coefficient (Wildman–Crippen LogP) is 1.11. The van der Waals surface area contributed by atoms with Crippen LogP contribution < -0.4 is 16.4 Å². The van der Waals surface area contributed by atoms with Gasteiger partial charge in [0.25, 0.3) is 11.6 Å². The number of carbonyl (C=O) groups excluding carboxylic acids is 1. The van der Waals surface area contributed by atoms with E-state index in [0.29, 0.717) is 18.2 Å². The number of rotatable bonds is 5. The van der Waals surface area contributed by atoms with Crippen molar-refractivity contribution in [1.29, 1.82) is 0 Å². The first kappa shape index (κ1) is 14.3. The first-order valence-electron chi connectivity index (χ1n) is 6.60. The molecule has 1 aromatic rings. The van der Waals surface area contributed by atoms with Crippen LogP contribution in [0.3, 0.4) is 0 Å². The fraction of sp³-hybridized carbons (Fsp3) is 0.462. The minimum Gasteiger partial charge on any atom is -0.384 e. The number of amides is 1. The Morgan fingerprint density at radius 1 is 1.55 bits per heavy atom. The number of nitrogens with zero attached hydrogens (tertiary/aromatic N) is 1. The number of anilines is 1. The van der Waals surface area contributed by atoms with Crippen LogP contribution in [0, 0.1) is 16.0 Å². The largest absolute Gasteiger partial charge is 0.384 e. The fourth-order valence-corrected chi connectivity index (χ4v) is 2.36. The van der Waals surface area contributed by atoms with Gasteiger partial charge in [-0.2, -0.15) is 0 Å². The zero-order chi connectivity index (χ0) is 14.5. The Balaban J connectivity index is 2.09. The second kappa shape index (κ2) is 6.33. The summed E-state index contributed by atoms with van der Waals surface area (Å²) in [6.07, 6.45) is 2.26. The third-order valence-corrected chi connectivity index (χ3v) is 3.46. The smallest absolute Gasteiger partial charge is 0.270 e. The predicted molar refractivity (Wildman–Crippen MR) is 75.7 cm³/mol. The highest BCUT2D eigenvalue weighted by Gasteiger charge is 2.17. The summed E-state index contributed by atoms with van der Waals surface area (Å²) in [5.41, 5.74) is 5.85. The van der Waals surface area contributed by atoms with E-state index in [1.54, 1.807) is 0 Å². The van der Waals surface area contributed by atoms with E-state index in [2.05, 4.69) is 10.6 Å². The standard InChI is InChI=1S/C13H18N4O3/c14-13(18)11-6-10(17(19)20)3-4-12(11)16-8-9-2-1-5-15-7-9/h3-4,6,9,15-16H,1-2,5,7-8H2,(H2,14,18). The Kier molecular flexibility index (Phi) is 4.52. The van der Waals surface area contributed by atoms with Crippen molar-refractivity contribution in [2.45, 2.75) is 12.8 Å². The molecule has 1 fully saturated rings. The topological polar surface area (TPSA) is 110 Å². The van der Waals surface area contributed by atoms with Crippen molar-refractivity contribution in [2.24, 2.45) is 11.7 Å². The fourth-order valence-electron chi connectivity index (χ4n) is 2.36. The van der Waals surface area contributed by atoms with E-state index in [1.165, 1.54) is 18.2 Å². The summed E-state index contributed by atoms with van der Waals surface area (Å²) < 4.78 is 0. The van der Waals surface area contributed by atoms with Crippen molar-refractivity contribution in [3.8, 4) is 0 Å². The van der Waals surface area contributed by atoms with Crippen molar-refractivity contribution >= 4 is 17.3 Å². The number of nitrogens with one attached hydrogen (secondary N) is 2. The average molecular weight is 278 g/mol. The molecule has 0 spiro atoms. The molecule has 1 saturated heterocycles. The Hall–Kier alpha value is -2.15. The summed E-state index contributed by atoms with van der Waals surface area (Å²) in [6.45, 7) is 2.69. The lowest BCUT2D eigenvalue weighted by atomic mass is 9.99. The van der Waals surface area contributed by atoms with Crippen LogP contribution in [-0.2, 0) is 0 Å². The summed E-state index contributed by atoms with van der Waals surface area (Å²) in [5.74, 6) is -0.183. The van der Waals surface area contributed by atoms with Gasteiger partial charge < -0.3 is 16.4 Å². The third kappa shape index (κ3) is 3.45. The number of carbonyl (C=O) groups is 1. The molecular formula is C13H18N4O3. The zero-order valence-electron chi connectivity index (χ0n) is 11.1. The van der Waals surface area contributed by atoms with E-state index in [-0.39, 0.29) is 11.3 Å². The van der Waals surface area contributed by atoms with E-state index in [9.17, 15) is 14.9 Å². The van der Waals surface area contributed by atoms with Crippen LogP contribution in [0.25, 0.3) is 0 Å². The van der Waals surface area contributed by atoms with Crippen LogP contribution >= 0.6 is 0 Å². The van der Waals surface area contributed by atoms with Gasteiger partial charge in [-0.3, -0.25) is 14.9 Å². The normalized spacial score (nSPS) is 18.5. The maximum absolute atomic E-state index is 11.4.